The number of aliphatic hydroxyl groups is 1. The summed E-state index contributed by atoms with van der Waals surface area (Å²) < 4.78 is 67.9. The molecule has 38 heavy (non-hydrogen) atoms. The molecule has 0 bridgehead atoms. The summed E-state index contributed by atoms with van der Waals surface area (Å²) in [5, 5.41) is 11.3. The van der Waals surface area contributed by atoms with Gasteiger partial charge in [0.15, 0.2) is 17.4 Å². The first-order valence-corrected chi connectivity index (χ1v) is 12.8. The number of halogens is 5. The molecular weight excluding hydrogens is 501 g/mol. The molecule has 1 atom stereocenters. The van der Waals surface area contributed by atoms with Crippen LogP contribution in [-0.2, 0) is 12.6 Å². The fourth-order valence-electron chi connectivity index (χ4n) is 5.94. The summed E-state index contributed by atoms with van der Waals surface area (Å²) in [6.07, 6.45) is -1.25. The van der Waals surface area contributed by atoms with Crippen molar-refractivity contribution >= 4 is 5.78 Å². The molecule has 1 N–H and O–H groups in total. The molecule has 0 radical (unpaired) electrons. The van der Waals surface area contributed by atoms with Crippen molar-refractivity contribution in [1.82, 2.24) is 4.98 Å². The van der Waals surface area contributed by atoms with Crippen LogP contribution in [0.1, 0.15) is 96.4 Å². The number of aliphatic hydroxyl groups excluding tert-OH is 1. The molecule has 1 fully saturated rings. The minimum absolute atomic E-state index is 0.0217. The quantitative estimate of drug-likeness (QED) is 0.276. The molecule has 8 heteroatoms. The van der Waals surface area contributed by atoms with Gasteiger partial charge in [0.25, 0.3) is 0 Å². The molecule has 200 valence electrons. The number of rotatable bonds is 4. The van der Waals surface area contributed by atoms with Gasteiger partial charge in [-0.1, -0.05) is 44.9 Å². The van der Waals surface area contributed by atoms with Gasteiger partial charge in [0.2, 0.25) is 0 Å². The number of hydrogen-bond donors (Lipinski definition) is 1. The van der Waals surface area contributed by atoms with Gasteiger partial charge < -0.3 is 5.11 Å². The number of aromatic nitrogens is 1. The van der Waals surface area contributed by atoms with Crippen LogP contribution in [0.4, 0.5) is 22.0 Å². The number of alkyl halides is 3. The van der Waals surface area contributed by atoms with E-state index in [2.05, 4.69) is 0 Å². The van der Waals surface area contributed by atoms with E-state index in [4.69, 9.17) is 4.98 Å². The molecule has 2 aliphatic carbocycles. The van der Waals surface area contributed by atoms with Gasteiger partial charge in [-0.05, 0) is 60.9 Å². The van der Waals surface area contributed by atoms with Crippen LogP contribution in [0.25, 0.3) is 11.1 Å². The molecule has 5 rings (SSSR count). The smallest absolute Gasteiger partial charge is 0.388 e. The molecule has 2 aromatic carbocycles. The van der Waals surface area contributed by atoms with Gasteiger partial charge in [-0.2, -0.15) is 13.2 Å². The van der Waals surface area contributed by atoms with E-state index in [1.54, 1.807) is 0 Å². The van der Waals surface area contributed by atoms with Gasteiger partial charge in [0, 0.05) is 28.3 Å². The minimum Gasteiger partial charge on any atom is -0.388 e. The van der Waals surface area contributed by atoms with E-state index in [1.807, 2.05) is 13.8 Å². The third-order valence-corrected chi connectivity index (χ3v) is 7.72. The van der Waals surface area contributed by atoms with Gasteiger partial charge in [0.05, 0.1) is 22.9 Å². The summed E-state index contributed by atoms with van der Waals surface area (Å²) in [4.78, 5) is 19.0. The number of fused-ring (bicyclic) bond motifs is 1. The Morgan fingerprint density at radius 2 is 1.66 bits per heavy atom. The summed E-state index contributed by atoms with van der Waals surface area (Å²) in [6, 6.07) is 7.28. The molecule has 1 aromatic heterocycles. The standard InChI is InChI=1S/C30H28F5NO2/c1-29(2)14-22-25(23(37)15-29)24(18-9-12-20(31)21(32)13-18)26(27(36-22)16-5-3-4-6-16)28(38)17-7-10-19(11-8-17)30(33,34)35/h7-13,16,23,37H,3-6,14-15H2,1-2H3/t23-/m0/s1. The fourth-order valence-corrected chi connectivity index (χ4v) is 5.94. The number of ketones is 1. The van der Waals surface area contributed by atoms with Crippen molar-refractivity contribution < 1.29 is 31.9 Å². The molecule has 0 spiro atoms. The molecule has 2 aliphatic rings. The zero-order valence-electron chi connectivity index (χ0n) is 21.1. The van der Waals surface area contributed by atoms with Gasteiger partial charge in [-0.15, -0.1) is 0 Å². The molecule has 3 aromatic rings. The monoisotopic (exact) mass is 529 g/mol. The molecule has 1 heterocycles. The summed E-state index contributed by atoms with van der Waals surface area (Å²) >= 11 is 0. The van der Waals surface area contributed by atoms with E-state index in [0.717, 1.165) is 62.1 Å². The van der Waals surface area contributed by atoms with Crippen LogP contribution in [0.3, 0.4) is 0 Å². The van der Waals surface area contributed by atoms with E-state index < -0.39 is 35.3 Å². The van der Waals surface area contributed by atoms with E-state index in [-0.39, 0.29) is 33.6 Å². The Morgan fingerprint density at radius 1 is 1.00 bits per heavy atom. The van der Waals surface area contributed by atoms with Crippen molar-refractivity contribution in [3.05, 3.63) is 87.7 Å². The van der Waals surface area contributed by atoms with Crippen LogP contribution in [0.2, 0.25) is 0 Å². The Labute approximate surface area is 217 Å². The Balaban J connectivity index is 1.80. The van der Waals surface area contributed by atoms with Crippen LogP contribution >= 0.6 is 0 Å². The first-order chi connectivity index (χ1) is 17.9. The zero-order valence-corrected chi connectivity index (χ0v) is 21.1. The Morgan fingerprint density at radius 3 is 2.26 bits per heavy atom. The first-order valence-electron chi connectivity index (χ1n) is 12.8. The highest BCUT2D eigenvalue weighted by molar-refractivity contribution is 6.14. The highest BCUT2D eigenvalue weighted by atomic mass is 19.4. The van der Waals surface area contributed by atoms with Crippen LogP contribution in [0.5, 0.6) is 0 Å². The Hall–Kier alpha value is -3.13. The molecule has 1 saturated carbocycles. The molecule has 0 aliphatic heterocycles. The maximum Gasteiger partial charge on any atom is 0.416 e. The van der Waals surface area contributed by atoms with Crippen LogP contribution in [0, 0.1) is 17.0 Å². The lowest BCUT2D eigenvalue weighted by molar-refractivity contribution is -0.137. The van der Waals surface area contributed by atoms with Crippen molar-refractivity contribution in [3.8, 4) is 11.1 Å². The van der Waals surface area contributed by atoms with Crippen molar-refractivity contribution in [2.24, 2.45) is 5.41 Å². The van der Waals surface area contributed by atoms with Gasteiger partial charge in [-0.25, -0.2) is 8.78 Å². The van der Waals surface area contributed by atoms with Crippen molar-refractivity contribution in [1.29, 1.82) is 0 Å². The molecule has 3 nitrogen and oxygen atoms in total. The Bertz CT molecular complexity index is 1390. The highest BCUT2D eigenvalue weighted by Crippen LogP contribution is 2.48. The van der Waals surface area contributed by atoms with E-state index >= 15 is 0 Å². The van der Waals surface area contributed by atoms with Crippen molar-refractivity contribution in [3.63, 3.8) is 0 Å². The lowest BCUT2D eigenvalue weighted by atomic mass is 9.71. The first kappa shape index (κ1) is 26.5. The lowest BCUT2D eigenvalue weighted by Crippen LogP contribution is -2.29. The predicted molar refractivity (Wildman–Crippen MR) is 133 cm³/mol. The number of hydrogen-bond acceptors (Lipinski definition) is 3. The summed E-state index contributed by atoms with van der Waals surface area (Å²) in [5.41, 5.74) is 1.01. The number of carbonyl (C=O) groups excluding carboxylic acids is 1. The molecule has 0 unspecified atom stereocenters. The van der Waals surface area contributed by atoms with Gasteiger partial charge in [0.1, 0.15) is 0 Å². The number of carbonyl (C=O) groups is 1. The third kappa shape index (κ3) is 4.86. The zero-order chi connectivity index (χ0) is 27.4. The predicted octanol–water partition coefficient (Wildman–Crippen LogP) is 7.94. The highest BCUT2D eigenvalue weighted by Gasteiger charge is 2.39. The fraction of sp³-hybridized carbons (Fsp3) is 0.400. The maximum absolute atomic E-state index is 14.5. The average molecular weight is 530 g/mol. The second-order valence-corrected chi connectivity index (χ2v) is 11.2. The topological polar surface area (TPSA) is 50.2 Å². The van der Waals surface area contributed by atoms with Gasteiger partial charge in [-0.3, -0.25) is 9.78 Å². The second kappa shape index (κ2) is 9.56. The third-order valence-electron chi connectivity index (χ3n) is 7.72. The maximum atomic E-state index is 14.5. The lowest BCUT2D eigenvalue weighted by Gasteiger charge is -2.37. The summed E-state index contributed by atoms with van der Waals surface area (Å²) in [5.74, 6) is -2.79. The average Bonchev–Trinajstić information content (AvgIpc) is 3.38. The molecule has 0 saturated heterocycles. The normalized spacial score (nSPS) is 19.4. The minimum atomic E-state index is -4.56. The largest absolute Gasteiger partial charge is 0.416 e. The van der Waals surface area contributed by atoms with E-state index in [9.17, 15) is 31.9 Å². The van der Waals surface area contributed by atoms with Crippen LogP contribution < -0.4 is 0 Å². The molecular formula is C30H28F5NO2. The summed E-state index contributed by atoms with van der Waals surface area (Å²) in [6.45, 7) is 4.02. The summed E-state index contributed by atoms with van der Waals surface area (Å²) in [7, 11) is 0. The number of benzene rings is 2. The van der Waals surface area contributed by atoms with Crippen molar-refractivity contribution in [2.45, 2.75) is 70.6 Å². The van der Waals surface area contributed by atoms with Gasteiger partial charge >= 0.3 is 6.18 Å². The van der Waals surface area contributed by atoms with Crippen LogP contribution in [-0.4, -0.2) is 15.9 Å². The van der Waals surface area contributed by atoms with E-state index in [1.165, 1.54) is 6.07 Å². The van der Waals surface area contributed by atoms with Crippen molar-refractivity contribution in [2.75, 3.05) is 0 Å². The second-order valence-electron chi connectivity index (χ2n) is 11.2. The van der Waals surface area contributed by atoms with E-state index in [0.29, 0.717) is 29.8 Å². The van der Waals surface area contributed by atoms with Crippen LogP contribution in [0.15, 0.2) is 42.5 Å². The SMILES string of the molecule is CC1(C)Cc2nc(C3CCCC3)c(C(=O)c3ccc(C(F)(F)F)cc3)c(-c3ccc(F)c(F)c3)c2[C@@H](O)C1. The number of pyridine rings is 1. The molecule has 0 amide bonds. The Kier molecular flexibility index (Phi) is 6.66. The number of nitrogens with zero attached hydrogens (tertiary/aromatic N) is 1.